The molecule has 39 heavy (non-hydrogen) atoms. The van der Waals surface area contributed by atoms with Gasteiger partial charge >= 0.3 is 6.18 Å². The molecule has 3 aromatic carbocycles. The van der Waals surface area contributed by atoms with Crippen LogP contribution in [0.15, 0.2) is 93.3 Å². The van der Waals surface area contributed by atoms with Crippen molar-refractivity contribution >= 4 is 39.1 Å². The van der Waals surface area contributed by atoms with Crippen molar-refractivity contribution in [1.82, 2.24) is 9.62 Å². The van der Waals surface area contributed by atoms with E-state index in [2.05, 4.69) is 5.32 Å². The number of nitrogens with one attached hydrogen (secondary N) is 1. The zero-order chi connectivity index (χ0) is 27.6. The summed E-state index contributed by atoms with van der Waals surface area (Å²) in [4.78, 5) is 14.2. The lowest BCUT2D eigenvalue weighted by Gasteiger charge is -2.39. The first-order chi connectivity index (χ1) is 18.6. The van der Waals surface area contributed by atoms with E-state index < -0.39 is 28.3 Å². The highest BCUT2D eigenvalue weighted by atomic mass is 32.3. The molecule has 1 amide bonds. The van der Waals surface area contributed by atoms with Crippen molar-refractivity contribution in [3.63, 3.8) is 0 Å². The summed E-state index contributed by atoms with van der Waals surface area (Å²) in [7, 11) is -2.49. The molecule has 2 unspecified atom stereocenters. The number of carbonyl (C=O) groups is 1. The lowest BCUT2D eigenvalue weighted by atomic mass is 10.1. The van der Waals surface area contributed by atoms with E-state index in [0.717, 1.165) is 40.0 Å². The number of alkyl halides is 3. The van der Waals surface area contributed by atoms with Gasteiger partial charge in [0.1, 0.15) is 5.58 Å². The second kappa shape index (κ2) is 11.3. The Kier molecular flexibility index (Phi) is 8.00. The predicted molar refractivity (Wildman–Crippen MR) is 150 cm³/mol. The number of halogens is 3. The molecule has 2 heterocycles. The van der Waals surface area contributed by atoms with Crippen LogP contribution in [0.1, 0.15) is 29.5 Å². The highest BCUT2D eigenvalue weighted by molar-refractivity contribution is 8.26. The predicted octanol–water partition coefficient (Wildman–Crippen LogP) is 7.71. The minimum Gasteiger partial charge on any atom is -0.448 e. The molecule has 0 spiro atoms. The third-order valence-electron chi connectivity index (χ3n) is 6.80. The zero-order valence-electron chi connectivity index (χ0n) is 21.3. The van der Waals surface area contributed by atoms with E-state index in [1.807, 2.05) is 58.9 Å². The Bertz CT molecular complexity index is 1420. The monoisotopic (exact) mass is 574 g/mol. The van der Waals surface area contributed by atoms with Crippen molar-refractivity contribution < 1.29 is 26.9 Å². The van der Waals surface area contributed by atoms with Gasteiger partial charge in [-0.25, -0.2) is 4.31 Å². The molecule has 0 radical (unpaired) electrons. The Balaban J connectivity index is 1.19. The Morgan fingerprint density at radius 1 is 1.08 bits per heavy atom. The first kappa shape index (κ1) is 27.6. The third-order valence-corrected chi connectivity index (χ3v) is 10.2. The van der Waals surface area contributed by atoms with Gasteiger partial charge in [0.25, 0.3) is 0 Å². The van der Waals surface area contributed by atoms with Crippen LogP contribution in [0.5, 0.6) is 0 Å². The van der Waals surface area contributed by atoms with Gasteiger partial charge in [-0.1, -0.05) is 42.5 Å². The molecule has 0 aliphatic carbocycles. The fourth-order valence-corrected chi connectivity index (χ4v) is 7.65. The molecule has 5 rings (SSSR count). The molecule has 10 heteroatoms. The molecule has 2 atom stereocenters. The molecule has 1 fully saturated rings. The van der Waals surface area contributed by atoms with Gasteiger partial charge in [-0.05, 0) is 64.8 Å². The summed E-state index contributed by atoms with van der Waals surface area (Å²) in [5.74, 6) is 0.393. The number of nitrogens with zero attached hydrogens (tertiary/aromatic N) is 1. The minimum atomic E-state index is -4.34. The molecule has 2 N–H and O–H groups in total. The van der Waals surface area contributed by atoms with Crippen LogP contribution >= 0.6 is 22.3 Å². The van der Waals surface area contributed by atoms with E-state index in [1.54, 1.807) is 6.26 Å². The highest BCUT2D eigenvalue weighted by Gasteiger charge is 2.41. The van der Waals surface area contributed by atoms with Gasteiger partial charge < -0.3 is 14.3 Å². The number of carbonyl (C=O) groups excluding carboxylic acids is 1. The van der Waals surface area contributed by atoms with Gasteiger partial charge in [-0.3, -0.25) is 4.79 Å². The van der Waals surface area contributed by atoms with Crippen LogP contribution in [0.3, 0.4) is 0 Å². The van der Waals surface area contributed by atoms with Gasteiger partial charge in [0.15, 0.2) is 5.09 Å². The van der Waals surface area contributed by atoms with E-state index >= 15 is 0 Å². The summed E-state index contributed by atoms with van der Waals surface area (Å²) in [5.41, 5.74) is 1.76. The second-order valence-corrected chi connectivity index (χ2v) is 13.2. The number of hydrogen-bond donors (Lipinski definition) is 2. The lowest BCUT2D eigenvalue weighted by molar-refractivity contribution is -0.137. The lowest BCUT2D eigenvalue weighted by Crippen LogP contribution is -2.43. The summed E-state index contributed by atoms with van der Waals surface area (Å²) in [6, 6.07) is 21.9. The number of thioether (sulfide) groups is 1. The first-order valence-corrected chi connectivity index (χ1v) is 15.5. The molecule has 1 saturated heterocycles. The largest absolute Gasteiger partial charge is 0.448 e. The molecule has 1 aliphatic rings. The molecule has 206 valence electrons. The van der Waals surface area contributed by atoms with Crippen molar-refractivity contribution in [2.45, 2.75) is 47.3 Å². The number of para-hydroxylation sites is 1. The maximum atomic E-state index is 13.2. The fourth-order valence-electron chi connectivity index (χ4n) is 4.70. The molecule has 0 bridgehead atoms. The van der Waals surface area contributed by atoms with Crippen LogP contribution in [0, 0.1) is 0 Å². The van der Waals surface area contributed by atoms with Gasteiger partial charge in [0, 0.05) is 41.4 Å². The van der Waals surface area contributed by atoms with Gasteiger partial charge in [-0.2, -0.15) is 13.2 Å². The SMILES string of the molecule is CS(O)(c1cc2ccccc2o1)N1CCCC1C(=O)NCc1cccc(SCc2ccc(C(F)(F)F)cc2)c1. The summed E-state index contributed by atoms with van der Waals surface area (Å²) in [6.07, 6.45) is -1.14. The van der Waals surface area contributed by atoms with Crippen LogP contribution in [0.25, 0.3) is 11.0 Å². The summed E-state index contributed by atoms with van der Waals surface area (Å²) in [6.45, 7) is 0.938. The number of rotatable bonds is 8. The number of amides is 1. The standard InChI is InChI=1S/C29H29F3N2O3S2/c1-39(36,27-17-22-7-2-3-10-26(22)37-27)34-15-5-9-25(34)28(35)33-18-21-6-4-8-24(16-21)38-19-20-11-13-23(14-12-20)29(30,31)32/h2-4,6-8,10-14,16-17,25,36H,5,9,15,18-19H2,1H3,(H,33,35). The summed E-state index contributed by atoms with van der Waals surface area (Å²) in [5, 5.41) is 4.42. The topological polar surface area (TPSA) is 65.7 Å². The maximum Gasteiger partial charge on any atom is 0.416 e. The van der Waals surface area contributed by atoms with Crippen LogP contribution in [0.4, 0.5) is 13.2 Å². The highest BCUT2D eigenvalue weighted by Crippen LogP contribution is 2.56. The summed E-state index contributed by atoms with van der Waals surface area (Å²) < 4.78 is 57.7. The normalized spacial score (nSPS) is 18.6. The Labute approximate surface area is 231 Å². The van der Waals surface area contributed by atoms with Gasteiger partial charge in [0.05, 0.1) is 11.6 Å². The van der Waals surface area contributed by atoms with Crippen molar-refractivity contribution in [3.8, 4) is 0 Å². The van der Waals surface area contributed by atoms with Crippen LogP contribution in [-0.2, 0) is 23.3 Å². The van der Waals surface area contributed by atoms with E-state index in [1.165, 1.54) is 23.9 Å². The molecule has 1 aromatic heterocycles. The Hall–Kier alpha value is -2.92. The van der Waals surface area contributed by atoms with Crippen LogP contribution in [-0.4, -0.2) is 33.6 Å². The van der Waals surface area contributed by atoms with Crippen molar-refractivity contribution in [1.29, 1.82) is 0 Å². The fraction of sp³-hybridized carbons (Fsp3) is 0.276. The van der Waals surface area contributed by atoms with E-state index in [0.29, 0.717) is 35.9 Å². The van der Waals surface area contributed by atoms with Crippen LogP contribution in [0.2, 0.25) is 0 Å². The minimum absolute atomic E-state index is 0.140. The molecule has 1 aliphatic heterocycles. The summed E-state index contributed by atoms with van der Waals surface area (Å²) >= 11 is 1.52. The second-order valence-electron chi connectivity index (χ2n) is 9.58. The van der Waals surface area contributed by atoms with Crippen molar-refractivity contribution in [2.75, 3.05) is 12.8 Å². The Morgan fingerprint density at radius 3 is 2.59 bits per heavy atom. The first-order valence-electron chi connectivity index (χ1n) is 12.5. The molecular formula is C29H29F3N2O3S2. The van der Waals surface area contributed by atoms with Gasteiger partial charge in [0.2, 0.25) is 5.91 Å². The zero-order valence-corrected chi connectivity index (χ0v) is 22.9. The maximum absolute atomic E-state index is 13.2. The average molecular weight is 575 g/mol. The molecule has 0 saturated carbocycles. The van der Waals surface area contributed by atoms with E-state index in [-0.39, 0.29) is 5.91 Å². The number of fused-ring (bicyclic) bond motifs is 1. The number of benzene rings is 3. The molecule has 4 aromatic rings. The van der Waals surface area contributed by atoms with Crippen LogP contribution < -0.4 is 5.32 Å². The third kappa shape index (κ3) is 6.30. The molecule has 5 nitrogen and oxygen atoms in total. The van der Waals surface area contributed by atoms with Crippen molar-refractivity contribution in [2.24, 2.45) is 0 Å². The number of hydrogen-bond acceptors (Lipinski definition) is 5. The average Bonchev–Trinajstić information content (AvgIpc) is 3.59. The van der Waals surface area contributed by atoms with Crippen molar-refractivity contribution in [3.05, 3.63) is 95.6 Å². The smallest absolute Gasteiger partial charge is 0.416 e. The van der Waals surface area contributed by atoms with Gasteiger partial charge in [-0.15, -0.1) is 11.8 Å². The quantitative estimate of drug-likeness (QED) is 0.211. The Morgan fingerprint density at radius 2 is 1.85 bits per heavy atom. The molecular weight excluding hydrogens is 545 g/mol. The van der Waals surface area contributed by atoms with E-state index in [9.17, 15) is 22.5 Å². The number of furan rings is 1. The van der Waals surface area contributed by atoms with E-state index in [4.69, 9.17) is 4.42 Å².